The molecule has 1 saturated carbocycles. The summed E-state index contributed by atoms with van der Waals surface area (Å²) in [6, 6.07) is 0. The number of amides is 2. The second-order valence-corrected chi connectivity index (χ2v) is 6.59. The van der Waals surface area contributed by atoms with Gasteiger partial charge in [0.2, 0.25) is 11.8 Å². The average molecular weight is 280 g/mol. The van der Waals surface area contributed by atoms with Crippen LogP contribution in [-0.2, 0) is 9.59 Å². The van der Waals surface area contributed by atoms with E-state index in [-0.39, 0.29) is 24.3 Å². The van der Waals surface area contributed by atoms with Gasteiger partial charge in [0.25, 0.3) is 0 Å². The van der Waals surface area contributed by atoms with Gasteiger partial charge >= 0.3 is 0 Å². The molecule has 3 rings (SSSR count). The summed E-state index contributed by atoms with van der Waals surface area (Å²) in [5, 5.41) is 8.97. The van der Waals surface area contributed by atoms with E-state index in [1.165, 1.54) is 12.8 Å². The van der Waals surface area contributed by atoms with Crippen molar-refractivity contribution < 1.29 is 14.7 Å². The molecule has 2 aliphatic heterocycles. The molecule has 1 aliphatic carbocycles. The summed E-state index contributed by atoms with van der Waals surface area (Å²) in [7, 11) is 0. The van der Waals surface area contributed by atoms with Crippen molar-refractivity contribution in [1.29, 1.82) is 0 Å². The Balaban J connectivity index is 1.51. The van der Waals surface area contributed by atoms with Crippen molar-refractivity contribution in [3.63, 3.8) is 0 Å². The largest absolute Gasteiger partial charge is 0.396 e. The van der Waals surface area contributed by atoms with Crippen molar-refractivity contribution >= 4 is 11.8 Å². The Kier molecular flexibility index (Phi) is 3.96. The Morgan fingerprint density at radius 2 is 2.00 bits per heavy atom. The summed E-state index contributed by atoms with van der Waals surface area (Å²) < 4.78 is 0. The van der Waals surface area contributed by atoms with Gasteiger partial charge in [-0.25, -0.2) is 0 Å². The summed E-state index contributed by atoms with van der Waals surface area (Å²) in [5.41, 5.74) is 0. The summed E-state index contributed by atoms with van der Waals surface area (Å²) in [6.45, 7) is 3.22. The Morgan fingerprint density at radius 3 is 2.70 bits per heavy atom. The minimum atomic E-state index is -0.130. The van der Waals surface area contributed by atoms with E-state index < -0.39 is 0 Å². The molecular formula is C15H24N2O3. The maximum absolute atomic E-state index is 12.5. The topological polar surface area (TPSA) is 60.9 Å². The Morgan fingerprint density at radius 1 is 1.20 bits per heavy atom. The van der Waals surface area contributed by atoms with Gasteiger partial charge in [-0.15, -0.1) is 0 Å². The SMILES string of the molecule is O=C1CC(C(=O)N2CCC(CCO)C2)CN1CC1CC1. The third-order valence-corrected chi connectivity index (χ3v) is 4.87. The lowest BCUT2D eigenvalue weighted by atomic mass is 10.1. The molecule has 2 unspecified atom stereocenters. The number of aliphatic hydroxyl groups excluding tert-OH is 1. The van der Waals surface area contributed by atoms with Crippen LogP contribution in [0.4, 0.5) is 0 Å². The van der Waals surface area contributed by atoms with Gasteiger partial charge in [0.15, 0.2) is 0 Å². The lowest BCUT2D eigenvalue weighted by molar-refractivity contribution is -0.135. The summed E-state index contributed by atoms with van der Waals surface area (Å²) in [6.07, 6.45) is 4.63. The number of rotatable bonds is 5. The highest BCUT2D eigenvalue weighted by atomic mass is 16.3. The normalized spacial score (nSPS) is 30.4. The predicted octanol–water partition coefficient (Wildman–Crippen LogP) is 0.476. The molecule has 0 aromatic carbocycles. The van der Waals surface area contributed by atoms with Crippen LogP contribution in [0.3, 0.4) is 0 Å². The van der Waals surface area contributed by atoms with E-state index in [1.807, 2.05) is 9.80 Å². The van der Waals surface area contributed by atoms with Crippen LogP contribution in [0.15, 0.2) is 0 Å². The smallest absolute Gasteiger partial charge is 0.228 e. The molecule has 1 N–H and O–H groups in total. The summed E-state index contributed by atoms with van der Waals surface area (Å²) >= 11 is 0. The zero-order chi connectivity index (χ0) is 14.1. The van der Waals surface area contributed by atoms with E-state index in [9.17, 15) is 9.59 Å². The first-order valence-corrected chi connectivity index (χ1v) is 7.84. The van der Waals surface area contributed by atoms with Crippen LogP contribution in [0.25, 0.3) is 0 Å². The van der Waals surface area contributed by atoms with Crippen molar-refractivity contribution in [1.82, 2.24) is 9.80 Å². The first-order chi connectivity index (χ1) is 9.67. The molecule has 2 saturated heterocycles. The molecule has 0 radical (unpaired) electrons. The highest BCUT2D eigenvalue weighted by molar-refractivity contribution is 5.89. The van der Waals surface area contributed by atoms with E-state index >= 15 is 0 Å². The minimum absolute atomic E-state index is 0.130. The summed E-state index contributed by atoms with van der Waals surface area (Å²) in [4.78, 5) is 28.2. The zero-order valence-electron chi connectivity index (χ0n) is 12.0. The maximum atomic E-state index is 12.5. The first-order valence-electron chi connectivity index (χ1n) is 7.84. The Hall–Kier alpha value is -1.10. The fourth-order valence-corrected chi connectivity index (χ4v) is 3.44. The molecule has 2 heterocycles. The molecule has 2 atom stereocenters. The number of likely N-dealkylation sites (tertiary alicyclic amines) is 2. The fourth-order valence-electron chi connectivity index (χ4n) is 3.44. The van der Waals surface area contributed by atoms with Crippen molar-refractivity contribution in [2.75, 3.05) is 32.8 Å². The van der Waals surface area contributed by atoms with Crippen LogP contribution < -0.4 is 0 Å². The van der Waals surface area contributed by atoms with E-state index in [1.54, 1.807) is 0 Å². The molecule has 0 bridgehead atoms. The number of carbonyl (C=O) groups is 2. The maximum Gasteiger partial charge on any atom is 0.228 e. The van der Waals surface area contributed by atoms with Crippen molar-refractivity contribution in [3.8, 4) is 0 Å². The second-order valence-electron chi connectivity index (χ2n) is 6.59. The van der Waals surface area contributed by atoms with Crippen LogP contribution in [0.1, 0.15) is 32.1 Å². The minimum Gasteiger partial charge on any atom is -0.396 e. The van der Waals surface area contributed by atoms with Gasteiger partial charge in [-0.1, -0.05) is 0 Å². The predicted molar refractivity (Wildman–Crippen MR) is 73.8 cm³/mol. The monoisotopic (exact) mass is 280 g/mol. The highest BCUT2D eigenvalue weighted by Gasteiger charge is 2.39. The van der Waals surface area contributed by atoms with Crippen LogP contribution in [0.5, 0.6) is 0 Å². The quantitative estimate of drug-likeness (QED) is 0.796. The number of hydrogen-bond donors (Lipinski definition) is 1. The van der Waals surface area contributed by atoms with Crippen molar-refractivity contribution in [2.45, 2.75) is 32.1 Å². The Labute approximate surface area is 119 Å². The molecule has 0 aromatic rings. The lowest BCUT2D eigenvalue weighted by Gasteiger charge is -2.21. The van der Waals surface area contributed by atoms with Gasteiger partial charge in [0, 0.05) is 39.2 Å². The molecule has 0 aromatic heterocycles. The molecule has 0 spiro atoms. The third kappa shape index (κ3) is 2.97. The van der Waals surface area contributed by atoms with Gasteiger partial charge < -0.3 is 14.9 Å². The van der Waals surface area contributed by atoms with Crippen molar-refractivity contribution in [2.24, 2.45) is 17.8 Å². The number of nitrogens with zero attached hydrogens (tertiary/aromatic N) is 2. The average Bonchev–Trinajstić information content (AvgIpc) is 2.99. The van der Waals surface area contributed by atoms with E-state index in [2.05, 4.69) is 0 Å². The zero-order valence-corrected chi connectivity index (χ0v) is 12.0. The van der Waals surface area contributed by atoms with Crippen LogP contribution >= 0.6 is 0 Å². The number of aliphatic hydroxyl groups is 1. The molecule has 5 heteroatoms. The number of carbonyl (C=O) groups excluding carboxylic acids is 2. The van der Waals surface area contributed by atoms with E-state index in [0.717, 1.165) is 32.5 Å². The molecule has 3 fully saturated rings. The standard InChI is InChI=1S/C15H24N2O3/c18-6-4-12-3-5-16(8-12)15(20)13-7-14(19)17(10-13)9-11-1-2-11/h11-13,18H,1-10H2. The molecular weight excluding hydrogens is 256 g/mol. The molecule has 2 amide bonds. The van der Waals surface area contributed by atoms with Gasteiger partial charge in [0.05, 0.1) is 5.92 Å². The molecule has 20 heavy (non-hydrogen) atoms. The van der Waals surface area contributed by atoms with E-state index in [0.29, 0.717) is 24.8 Å². The highest BCUT2D eigenvalue weighted by Crippen LogP contribution is 2.32. The molecule has 3 aliphatic rings. The number of hydrogen-bond acceptors (Lipinski definition) is 3. The van der Waals surface area contributed by atoms with Gasteiger partial charge in [-0.2, -0.15) is 0 Å². The van der Waals surface area contributed by atoms with Crippen LogP contribution in [-0.4, -0.2) is 59.5 Å². The van der Waals surface area contributed by atoms with Crippen LogP contribution in [0.2, 0.25) is 0 Å². The third-order valence-electron chi connectivity index (χ3n) is 4.87. The second kappa shape index (κ2) is 5.72. The van der Waals surface area contributed by atoms with Crippen LogP contribution in [0, 0.1) is 17.8 Å². The molecule has 112 valence electrons. The van der Waals surface area contributed by atoms with E-state index in [4.69, 9.17) is 5.11 Å². The van der Waals surface area contributed by atoms with Gasteiger partial charge in [-0.05, 0) is 37.5 Å². The van der Waals surface area contributed by atoms with Gasteiger partial charge in [0.1, 0.15) is 0 Å². The summed E-state index contributed by atoms with van der Waals surface area (Å²) in [5.74, 6) is 1.30. The fraction of sp³-hybridized carbons (Fsp3) is 0.867. The first kappa shape index (κ1) is 13.9. The van der Waals surface area contributed by atoms with Gasteiger partial charge in [-0.3, -0.25) is 9.59 Å². The Bertz CT molecular complexity index is 395. The molecule has 5 nitrogen and oxygen atoms in total. The van der Waals surface area contributed by atoms with Crippen molar-refractivity contribution in [3.05, 3.63) is 0 Å². The lowest BCUT2D eigenvalue weighted by Crippen LogP contribution is -2.36.